The second kappa shape index (κ2) is 8.39. The minimum atomic E-state index is -0.460. The van der Waals surface area contributed by atoms with Crippen LogP contribution in [0.2, 0.25) is 0 Å². The lowest BCUT2D eigenvalue weighted by Gasteiger charge is -2.13. The van der Waals surface area contributed by atoms with Gasteiger partial charge in [-0.2, -0.15) is 11.8 Å². The normalized spacial score (nSPS) is 12.4. The lowest BCUT2D eigenvalue weighted by Crippen LogP contribution is -2.32. The van der Waals surface area contributed by atoms with Gasteiger partial charge in [-0.25, -0.2) is 0 Å². The minimum Gasteiger partial charge on any atom is -0.491 e. The van der Waals surface area contributed by atoms with Crippen LogP contribution in [0.5, 0.6) is 5.75 Å². The first-order valence-electron chi connectivity index (χ1n) is 5.79. The summed E-state index contributed by atoms with van der Waals surface area (Å²) in [5, 5.41) is 12.9. The highest BCUT2D eigenvalue weighted by atomic mass is 32.2. The van der Waals surface area contributed by atoms with Gasteiger partial charge in [0, 0.05) is 18.8 Å². The lowest BCUT2D eigenvalue weighted by molar-refractivity contribution is 0.107. The van der Waals surface area contributed by atoms with Crippen molar-refractivity contribution in [2.45, 2.75) is 13.0 Å². The van der Waals surface area contributed by atoms with Crippen molar-refractivity contribution < 1.29 is 9.84 Å². The number of thioether (sulfide) groups is 1. The summed E-state index contributed by atoms with van der Waals surface area (Å²) in [7, 11) is 0. The SMILES string of the molecule is CSCCNCC(O)COc1ccc(C)cc1. The monoisotopic (exact) mass is 255 g/mol. The summed E-state index contributed by atoms with van der Waals surface area (Å²) in [6.45, 7) is 3.86. The molecule has 0 aliphatic heterocycles. The third kappa shape index (κ3) is 6.56. The first-order valence-corrected chi connectivity index (χ1v) is 7.19. The highest BCUT2D eigenvalue weighted by Gasteiger charge is 2.04. The Balaban J connectivity index is 2.14. The van der Waals surface area contributed by atoms with Crippen LogP contribution >= 0.6 is 11.8 Å². The summed E-state index contributed by atoms with van der Waals surface area (Å²) in [6, 6.07) is 7.84. The molecule has 1 atom stereocenters. The summed E-state index contributed by atoms with van der Waals surface area (Å²) >= 11 is 1.79. The van der Waals surface area contributed by atoms with Crippen LogP contribution in [0, 0.1) is 6.92 Å². The van der Waals surface area contributed by atoms with Crippen molar-refractivity contribution in [3.8, 4) is 5.75 Å². The van der Waals surface area contributed by atoms with Gasteiger partial charge in [-0.3, -0.25) is 0 Å². The molecular formula is C13H21NO2S. The molecule has 0 saturated carbocycles. The van der Waals surface area contributed by atoms with Gasteiger partial charge in [0.1, 0.15) is 18.5 Å². The van der Waals surface area contributed by atoms with E-state index in [0.717, 1.165) is 18.0 Å². The van der Waals surface area contributed by atoms with Crippen LogP contribution in [0.3, 0.4) is 0 Å². The number of hydrogen-bond donors (Lipinski definition) is 2. The molecule has 0 saturated heterocycles. The Hall–Kier alpha value is -0.710. The molecule has 1 aromatic rings. The van der Waals surface area contributed by atoms with E-state index in [0.29, 0.717) is 13.2 Å². The van der Waals surface area contributed by atoms with E-state index in [-0.39, 0.29) is 0 Å². The fraction of sp³-hybridized carbons (Fsp3) is 0.538. The molecule has 3 nitrogen and oxygen atoms in total. The van der Waals surface area contributed by atoms with E-state index in [1.165, 1.54) is 5.56 Å². The minimum absolute atomic E-state index is 0.329. The predicted molar refractivity (Wildman–Crippen MR) is 73.9 cm³/mol. The number of hydrogen-bond acceptors (Lipinski definition) is 4. The molecule has 96 valence electrons. The maximum absolute atomic E-state index is 9.67. The number of ether oxygens (including phenoxy) is 1. The fourth-order valence-corrected chi connectivity index (χ4v) is 1.68. The second-order valence-corrected chi connectivity index (χ2v) is 4.96. The van der Waals surface area contributed by atoms with Gasteiger partial charge < -0.3 is 15.2 Å². The predicted octanol–water partition coefficient (Wildman–Crippen LogP) is 1.69. The van der Waals surface area contributed by atoms with E-state index >= 15 is 0 Å². The highest BCUT2D eigenvalue weighted by Crippen LogP contribution is 2.11. The van der Waals surface area contributed by atoms with Gasteiger partial charge in [-0.1, -0.05) is 17.7 Å². The van der Waals surface area contributed by atoms with Crippen LogP contribution in [-0.4, -0.2) is 42.9 Å². The first-order chi connectivity index (χ1) is 8.22. The van der Waals surface area contributed by atoms with Crippen LogP contribution in [0.4, 0.5) is 0 Å². The third-order valence-corrected chi connectivity index (χ3v) is 2.94. The maximum atomic E-state index is 9.67. The van der Waals surface area contributed by atoms with Gasteiger partial charge in [0.25, 0.3) is 0 Å². The topological polar surface area (TPSA) is 41.5 Å². The Morgan fingerprint density at radius 2 is 2.06 bits per heavy atom. The number of nitrogens with one attached hydrogen (secondary N) is 1. The zero-order valence-electron chi connectivity index (χ0n) is 10.5. The number of aliphatic hydroxyl groups excluding tert-OH is 1. The number of aliphatic hydroxyl groups is 1. The molecule has 1 rings (SSSR count). The van der Waals surface area contributed by atoms with Crippen molar-refractivity contribution in [3.63, 3.8) is 0 Å². The molecule has 17 heavy (non-hydrogen) atoms. The van der Waals surface area contributed by atoms with Gasteiger partial charge in [0.15, 0.2) is 0 Å². The van der Waals surface area contributed by atoms with E-state index in [9.17, 15) is 5.11 Å². The van der Waals surface area contributed by atoms with Crippen LogP contribution in [0.25, 0.3) is 0 Å². The smallest absolute Gasteiger partial charge is 0.119 e. The Bertz CT molecular complexity index is 303. The molecule has 4 heteroatoms. The van der Waals surface area contributed by atoms with Crippen molar-refractivity contribution in [3.05, 3.63) is 29.8 Å². The molecule has 0 heterocycles. The second-order valence-electron chi connectivity index (χ2n) is 3.97. The van der Waals surface area contributed by atoms with Gasteiger partial charge >= 0.3 is 0 Å². The molecule has 0 bridgehead atoms. The molecule has 0 aliphatic carbocycles. The number of benzene rings is 1. The summed E-state index contributed by atoms with van der Waals surface area (Å²) in [4.78, 5) is 0. The summed E-state index contributed by atoms with van der Waals surface area (Å²) in [6.07, 6.45) is 1.61. The van der Waals surface area contributed by atoms with Crippen molar-refractivity contribution >= 4 is 11.8 Å². The standard InChI is InChI=1S/C13H21NO2S/c1-11-3-5-13(6-4-11)16-10-12(15)9-14-7-8-17-2/h3-6,12,14-15H,7-10H2,1-2H3. The van der Waals surface area contributed by atoms with Crippen LogP contribution in [0.1, 0.15) is 5.56 Å². The summed E-state index contributed by atoms with van der Waals surface area (Å²) < 4.78 is 5.48. The van der Waals surface area contributed by atoms with Crippen molar-refractivity contribution in [1.29, 1.82) is 0 Å². The molecular weight excluding hydrogens is 234 g/mol. The van der Waals surface area contributed by atoms with Crippen molar-refractivity contribution in [2.75, 3.05) is 31.7 Å². The maximum Gasteiger partial charge on any atom is 0.119 e. The molecule has 0 spiro atoms. The average Bonchev–Trinajstić information content (AvgIpc) is 2.34. The van der Waals surface area contributed by atoms with Crippen LogP contribution in [-0.2, 0) is 0 Å². The van der Waals surface area contributed by atoms with E-state index in [4.69, 9.17) is 4.74 Å². The lowest BCUT2D eigenvalue weighted by atomic mass is 10.2. The molecule has 0 amide bonds. The van der Waals surface area contributed by atoms with Gasteiger partial charge in [-0.15, -0.1) is 0 Å². The Morgan fingerprint density at radius 1 is 1.35 bits per heavy atom. The van der Waals surface area contributed by atoms with Crippen molar-refractivity contribution in [1.82, 2.24) is 5.32 Å². The fourth-order valence-electron chi connectivity index (χ4n) is 1.33. The zero-order valence-corrected chi connectivity index (χ0v) is 11.3. The zero-order chi connectivity index (χ0) is 12.5. The van der Waals surface area contributed by atoms with E-state index in [1.807, 2.05) is 31.2 Å². The largest absolute Gasteiger partial charge is 0.491 e. The summed E-state index contributed by atoms with van der Waals surface area (Å²) in [5.41, 5.74) is 1.21. The molecule has 2 N–H and O–H groups in total. The highest BCUT2D eigenvalue weighted by molar-refractivity contribution is 7.98. The number of rotatable bonds is 8. The number of aryl methyl sites for hydroxylation is 1. The van der Waals surface area contributed by atoms with E-state index in [1.54, 1.807) is 11.8 Å². The van der Waals surface area contributed by atoms with E-state index in [2.05, 4.69) is 11.6 Å². The van der Waals surface area contributed by atoms with E-state index < -0.39 is 6.10 Å². The quantitative estimate of drug-likeness (QED) is 0.694. The Kier molecular flexibility index (Phi) is 7.08. The molecule has 1 unspecified atom stereocenters. The molecule has 0 radical (unpaired) electrons. The Labute approximate surface area is 108 Å². The van der Waals surface area contributed by atoms with Crippen LogP contribution in [0.15, 0.2) is 24.3 Å². The van der Waals surface area contributed by atoms with Gasteiger partial charge in [0.05, 0.1) is 0 Å². The third-order valence-electron chi connectivity index (χ3n) is 2.33. The van der Waals surface area contributed by atoms with Gasteiger partial charge in [0.2, 0.25) is 0 Å². The Morgan fingerprint density at radius 3 is 2.71 bits per heavy atom. The summed E-state index contributed by atoms with van der Waals surface area (Å²) in [5.74, 6) is 1.87. The molecule has 1 aromatic carbocycles. The molecule has 0 aliphatic rings. The first kappa shape index (κ1) is 14.4. The van der Waals surface area contributed by atoms with Gasteiger partial charge in [-0.05, 0) is 25.3 Å². The molecule has 0 fully saturated rings. The van der Waals surface area contributed by atoms with Crippen LogP contribution < -0.4 is 10.1 Å². The average molecular weight is 255 g/mol. The van der Waals surface area contributed by atoms with Crippen molar-refractivity contribution in [2.24, 2.45) is 0 Å². The molecule has 0 aromatic heterocycles.